The van der Waals surface area contributed by atoms with Gasteiger partial charge in [0.15, 0.2) is 0 Å². The summed E-state index contributed by atoms with van der Waals surface area (Å²) in [5.74, 6) is 0. The number of piperazine rings is 1. The zero-order chi connectivity index (χ0) is 16.2. The van der Waals surface area contributed by atoms with Gasteiger partial charge in [-0.1, -0.05) is 31.5 Å². The Hall–Kier alpha value is -1.65. The molecular formula is C19H27N3O. The summed E-state index contributed by atoms with van der Waals surface area (Å²) in [5.41, 5.74) is 3.60. The zero-order valence-electron chi connectivity index (χ0n) is 14.2. The van der Waals surface area contributed by atoms with Gasteiger partial charge in [-0.25, -0.2) is 0 Å². The van der Waals surface area contributed by atoms with E-state index in [1.54, 1.807) is 0 Å². The van der Waals surface area contributed by atoms with E-state index >= 15 is 0 Å². The van der Waals surface area contributed by atoms with E-state index in [2.05, 4.69) is 47.1 Å². The number of aliphatic hydroxyl groups is 1. The van der Waals surface area contributed by atoms with Crippen LogP contribution < -0.4 is 4.90 Å². The van der Waals surface area contributed by atoms with Gasteiger partial charge in [0, 0.05) is 49.5 Å². The number of hydrogen-bond donors (Lipinski definition) is 1. The first-order valence-corrected chi connectivity index (χ1v) is 8.71. The minimum absolute atomic E-state index is 0.250. The molecule has 1 N–H and O–H groups in total. The molecule has 0 saturated carbocycles. The molecule has 4 nitrogen and oxygen atoms in total. The minimum Gasteiger partial charge on any atom is -0.392 e. The molecule has 3 rings (SSSR count). The van der Waals surface area contributed by atoms with Crippen LogP contribution in [0.25, 0.3) is 10.9 Å². The van der Waals surface area contributed by atoms with Crippen LogP contribution >= 0.6 is 0 Å². The molecule has 0 aliphatic carbocycles. The predicted molar refractivity (Wildman–Crippen MR) is 96.1 cm³/mol. The SMILES string of the molecule is CCCc1cc(N2CCN(C[C@@H](C)O)CC2)c2ccccc2n1. The highest BCUT2D eigenvalue weighted by Crippen LogP contribution is 2.28. The summed E-state index contributed by atoms with van der Waals surface area (Å²) in [4.78, 5) is 9.62. The monoisotopic (exact) mass is 313 g/mol. The number of aliphatic hydroxyl groups excluding tert-OH is 1. The first-order valence-electron chi connectivity index (χ1n) is 8.71. The van der Waals surface area contributed by atoms with Crippen molar-refractivity contribution in [2.75, 3.05) is 37.6 Å². The Morgan fingerprint density at radius 1 is 1.17 bits per heavy atom. The summed E-state index contributed by atoms with van der Waals surface area (Å²) in [6.07, 6.45) is 1.90. The van der Waals surface area contributed by atoms with Gasteiger partial charge in [-0.3, -0.25) is 9.88 Å². The third-order valence-electron chi connectivity index (χ3n) is 4.49. The fraction of sp³-hybridized carbons (Fsp3) is 0.526. The number of fused-ring (bicyclic) bond motifs is 1. The maximum atomic E-state index is 9.56. The third-order valence-corrected chi connectivity index (χ3v) is 4.49. The average Bonchev–Trinajstić information content (AvgIpc) is 2.55. The maximum absolute atomic E-state index is 9.56. The first kappa shape index (κ1) is 16.2. The van der Waals surface area contributed by atoms with Crippen molar-refractivity contribution < 1.29 is 5.11 Å². The van der Waals surface area contributed by atoms with Crippen molar-refractivity contribution in [3.63, 3.8) is 0 Å². The van der Waals surface area contributed by atoms with Crippen LogP contribution in [0.15, 0.2) is 30.3 Å². The van der Waals surface area contributed by atoms with E-state index in [1.807, 2.05) is 6.92 Å². The highest BCUT2D eigenvalue weighted by molar-refractivity contribution is 5.92. The molecule has 1 aliphatic rings. The van der Waals surface area contributed by atoms with Crippen molar-refractivity contribution in [1.82, 2.24) is 9.88 Å². The number of hydrogen-bond acceptors (Lipinski definition) is 4. The Labute approximate surface area is 138 Å². The fourth-order valence-corrected chi connectivity index (χ4v) is 3.40. The second-order valence-electron chi connectivity index (χ2n) is 6.54. The number of rotatable bonds is 5. The van der Waals surface area contributed by atoms with E-state index in [9.17, 15) is 5.11 Å². The van der Waals surface area contributed by atoms with E-state index in [0.717, 1.165) is 51.1 Å². The van der Waals surface area contributed by atoms with Gasteiger partial charge in [-0.2, -0.15) is 0 Å². The molecule has 1 aromatic carbocycles. The van der Waals surface area contributed by atoms with E-state index in [0.29, 0.717) is 0 Å². The summed E-state index contributed by atoms with van der Waals surface area (Å²) in [7, 11) is 0. The summed E-state index contributed by atoms with van der Waals surface area (Å²) in [6.45, 7) is 8.85. The molecule has 0 radical (unpaired) electrons. The van der Waals surface area contributed by atoms with Crippen LogP contribution in [0.5, 0.6) is 0 Å². The van der Waals surface area contributed by atoms with E-state index in [-0.39, 0.29) is 6.10 Å². The van der Waals surface area contributed by atoms with Crippen molar-refractivity contribution in [1.29, 1.82) is 0 Å². The van der Waals surface area contributed by atoms with E-state index in [1.165, 1.54) is 16.8 Å². The lowest BCUT2D eigenvalue weighted by Crippen LogP contribution is -2.48. The summed E-state index contributed by atoms with van der Waals surface area (Å²) in [5, 5.41) is 10.8. The van der Waals surface area contributed by atoms with Crippen LogP contribution in [0.1, 0.15) is 26.0 Å². The molecule has 23 heavy (non-hydrogen) atoms. The van der Waals surface area contributed by atoms with E-state index < -0.39 is 0 Å². The molecule has 2 aromatic rings. The number of β-amino-alcohol motifs (C(OH)–C–C–N with tert-alkyl or cyclic N) is 1. The molecule has 1 atom stereocenters. The molecule has 2 heterocycles. The Balaban J connectivity index is 1.84. The zero-order valence-corrected chi connectivity index (χ0v) is 14.2. The van der Waals surface area contributed by atoms with Crippen LogP contribution in [-0.4, -0.2) is 53.8 Å². The number of aromatic nitrogens is 1. The standard InChI is InChI=1S/C19H27N3O/c1-3-6-16-13-19(17-7-4-5-8-18(17)20-16)22-11-9-21(10-12-22)14-15(2)23/h4-5,7-8,13,15,23H,3,6,9-12,14H2,1-2H3/t15-/m1/s1. The van der Waals surface area contributed by atoms with Crippen molar-refractivity contribution in [3.8, 4) is 0 Å². The van der Waals surface area contributed by atoms with Crippen molar-refractivity contribution in [3.05, 3.63) is 36.0 Å². The van der Waals surface area contributed by atoms with Crippen molar-refractivity contribution in [2.45, 2.75) is 32.8 Å². The molecule has 1 saturated heterocycles. The van der Waals surface area contributed by atoms with Crippen LogP contribution in [0.4, 0.5) is 5.69 Å². The second kappa shape index (κ2) is 7.28. The lowest BCUT2D eigenvalue weighted by molar-refractivity contribution is 0.123. The van der Waals surface area contributed by atoms with Gasteiger partial charge in [0.1, 0.15) is 0 Å². The highest BCUT2D eigenvalue weighted by atomic mass is 16.3. The molecule has 1 aliphatic heterocycles. The molecule has 0 unspecified atom stereocenters. The van der Waals surface area contributed by atoms with Gasteiger partial charge < -0.3 is 10.0 Å². The smallest absolute Gasteiger partial charge is 0.0726 e. The molecule has 0 spiro atoms. The lowest BCUT2D eigenvalue weighted by Gasteiger charge is -2.37. The van der Waals surface area contributed by atoms with Crippen LogP contribution in [0, 0.1) is 0 Å². The topological polar surface area (TPSA) is 39.6 Å². The quantitative estimate of drug-likeness (QED) is 0.921. The summed E-state index contributed by atoms with van der Waals surface area (Å²) >= 11 is 0. The van der Waals surface area contributed by atoms with E-state index in [4.69, 9.17) is 4.98 Å². The maximum Gasteiger partial charge on any atom is 0.0726 e. The van der Waals surface area contributed by atoms with Gasteiger partial charge in [-0.05, 0) is 25.5 Å². The molecule has 1 fully saturated rings. The molecule has 1 aromatic heterocycles. The second-order valence-corrected chi connectivity index (χ2v) is 6.54. The lowest BCUT2D eigenvalue weighted by atomic mass is 10.1. The molecule has 4 heteroatoms. The Morgan fingerprint density at radius 3 is 2.61 bits per heavy atom. The molecule has 0 bridgehead atoms. The van der Waals surface area contributed by atoms with Gasteiger partial charge in [0.2, 0.25) is 0 Å². The van der Waals surface area contributed by atoms with Gasteiger partial charge in [-0.15, -0.1) is 0 Å². The normalized spacial score (nSPS) is 17.6. The number of anilines is 1. The minimum atomic E-state index is -0.250. The predicted octanol–water partition coefficient (Wildman–Crippen LogP) is 2.69. The largest absolute Gasteiger partial charge is 0.392 e. The van der Waals surface area contributed by atoms with Gasteiger partial charge in [0.05, 0.1) is 11.6 Å². The third kappa shape index (κ3) is 3.82. The van der Waals surface area contributed by atoms with Gasteiger partial charge in [0.25, 0.3) is 0 Å². The highest BCUT2D eigenvalue weighted by Gasteiger charge is 2.20. The number of benzene rings is 1. The van der Waals surface area contributed by atoms with Gasteiger partial charge >= 0.3 is 0 Å². The molecule has 124 valence electrons. The number of pyridine rings is 1. The van der Waals surface area contributed by atoms with Crippen molar-refractivity contribution in [2.24, 2.45) is 0 Å². The van der Waals surface area contributed by atoms with Crippen molar-refractivity contribution >= 4 is 16.6 Å². The van der Waals surface area contributed by atoms with Crippen LogP contribution in [0.2, 0.25) is 0 Å². The first-order chi connectivity index (χ1) is 11.2. The fourth-order valence-electron chi connectivity index (χ4n) is 3.40. The molecular weight excluding hydrogens is 286 g/mol. The number of para-hydroxylation sites is 1. The average molecular weight is 313 g/mol. The number of nitrogens with zero attached hydrogens (tertiary/aromatic N) is 3. The summed E-state index contributed by atoms with van der Waals surface area (Å²) < 4.78 is 0. The Bertz CT molecular complexity index is 648. The van der Waals surface area contributed by atoms with Crippen LogP contribution in [-0.2, 0) is 6.42 Å². The Morgan fingerprint density at radius 2 is 1.91 bits per heavy atom. The molecule has 0 amide bonds. The van der Waals surface area contributed by atoms with Crippen LogP contribution in [0.3, 0.4) is 0 Å². The summed E-state index contributed by atoms with van der Waals surface area (Å²) in [6, 6.07) is 10.7. The Kier molecular flexibility index (Phi) is 5.13. The number of aryl methyl sites for hydroxylation is 1.